The Hall–Kier alpha value is -1.43. The minimum Gasteiger partial charge on any atom is -1.00 e. The summed E-state index contributed by atoms with van der Waals surface area (Å²) >= 11 is 0. The molecule has 0 aliphatic rings. The molecule has 0 radical (unpaired) electrons. The van der Waals surface area contributed by atoms with Gasteiger partial charge in [-0.25, -0.2) is 0 Å². The van der Waals surface area contributed by atoms with Crippen molar-refractivity contribution in [2.24, 2.45) is 0 Å². The lowest BCUT2D eigenvalue weighted by molar-refractivity contribution is -0.00000499. The quantitative estimate of drug-likeness (QED) is 0.294. The summed E-state index contributed by atoms with van der Waals surface area (Å²) in [6.07, 6.45) is 6.49. The second kappa shape index (κ2) is 10.7. The second-order valence-corrected chi connectivity index (χ2v) is 10.2. The van der Waals surface area contributed by atoms with Gasteiger partial charge in [0.15, 0.2) is 0 Å². The van der Waals surface area contributed by atoms with Gasteiger partial charge in [0.1, 0.15) is 23.2 Å². The van der Waals surface area contributed by atoms with Gasteiger partial charge in [0.2, 0.25) is 0 Å². The van der Waals surface area contributed by atoms with Crippen molar-refractivity contribution in [2.75, 3.05) is 6.16 Å². The van der Waals surface area contributed by atoms with Gasteiger partial charge in [-0.15, -0.1) is 0 Å². The topological polar surface area (TPSA) is 0 Å². The van der Waals surface area contributed by atoms with Gasteiger partial charge in [-0.05, 0) is 49.2 Å². The number of halogens is 1. The van der Waals surface area contributed by atoms with Crippen molar-refractivity contribution in [3.8, 4) is 0 Å². The third kappa shape index (κ3) is 4.64. The molecule has 0 aromatic heterocycles. The summed E-state index contributed by atoms with van der Waals surface area (Å²) in [7, 11) is -1.59. The normalized spacial score (nSPS) is 11.0. The van der Waals surface area contributed by atoms with Crippen LogP contribution in [0.4, 0.5) is 0 Å². The zero-order valence-corrected chi connectivity index (χ0v) is 18.0. The van der Waals surface area contributed by atoms with Crippen molar-refractivity contribution in [3.05, 3.63) is 91.0 Å². The molecule has 2 heteroatoms. The SMILES string of the molecule is [13CH3]CCCCC[P+](c1ccccc1)(c1ccccc1)c1ccccc1.[Br-]. The Kier molecular flexibility index (Phi) is 8.55. The van der Waals surface area contributed by atoms with E-state index in [0.29, 0.717) is 0 Å². The van der Waals surface area contributed by atoms with Gasteiger partial charge in [0, 0.05) is 0 Å². The van der Waals surface area contributed by atoms with E-state index >= 15 is 0 Å². The van der Waals surface area contributed by atoms with Crippen LogP contribution < -0.4 is 32.9 Å². The maximum atomic E-state index is 2.34. The number of unbranched alkanes of at least 4 members (excludes halogenated alkanes) is 3. The Morgan fingerprint density at radius 3 is 1.27 bits per heavy atom. The molecule has 0 N–H and O–H groups in total. The first-order chi connectivity index (χ1) is 12.4. The molecule has 26 heavy (non-hydrogen) atoms. The highest BCUT2D eigenvalue weighted by atomic mass is 79.9. The van der Waals surface area contributed by atoms with E-state index in [1.807, 2.05) is 0 Å². The summed E-state index contributed by atoms with van der Waals surface area (Å²) < 4.78 is 0. The van der Waals surface area contributed by atoms with Crippen molar-refractivity contribution in [2.45, 2.75) is 32.6 Å². The fourth-order valence-electron chi connectivity index (χ4n) is 3.66. The van der Waals surface area contributed by atoms with Gasteiger partial charge < -0.3 is 17.0 Å². The number of benzene rings is 3. The highest BCUT2D eigenvalue weighted by molar-refractivity contribution is 7.95. The summed E-state index contributed by atoms with van der Waals surface area (Å²) in [6, 6.07) is 33.6. The predicted octanol–water partition coefficient (Wildman–Crippen LogP) is 2.56. The Morgan fingerprint density at radius 1 is 0.538 bits per heavy atom. The fraction of sp³-hybridized carbons (Fsp3) is 0.250. The number of hydrogen-bond acceptors (Lipinski definition) is 0. The monoisotopic (exact) mass is 427 g/mol. The van der Waals surface area contributed by atoms with E-state index in [1.165, 1.54) is 47.8 Å². The van der Waals surface area contributed by atoms with Crippen molar-refractivity contribution in [1.29, 1.82) is 0 Å². The predicted molar refractivity (Wildman–Crippen MR) is 114 cm³/mol. The lowest BCUT2D eigenvalue weighted by atomic mass is 10.2. The smallest absolute Gasteiger partial charge is 0.112 e. The molecule has 0 spiro atoms. The van der Waals surface area contributed by atoms with E-state index in [0.717, 1.165) is 0 Å². The van der Waals surface area contributed by atoms with E-state index in [4.69, 9.17) is 0 Å². The molecule has 3 aromatic rings. The molecule has 0 saturated heterocycles. The van der Waals surface area contributed by atoms with Gasteiger partial charge in [0.25, 0.3) is 0 Å². The first-order valence-corrected chi connectivity index (χ1v) is 11.4. The van der Waals surface area contributed by atoms with Crippen molar-refractivity contribution < 1.29 is 17.0 Å². The lowest BCUT2D eigenvalue weighted by Gasteiger charge is -2.27. The molecule has 0 saturated carbocycles. The maximum Gasteiger partial charge on any atom is 0.112 e. The van der Waals surface area contributed by atoms with Gasteiger partial charge in [-0.3, -0.25) is 0 Å². The highest BCUT2D eigenvalue weighted by Crippen LogP contribution is 2.55. The van der Waals surface area contributed by atoms with Gasteiger partial charge in [0.05, 0.1) is 6.16 Å². The molecule has 0 unspecified atom stereocenters. The number of rotatable bonds is 8. The molecule has 0 bridgehead atoms. The van der Waals surface area contributed by atoms with Crippen LogP contribution in [0.5, 0.6) is 0 Å². The molecule has 0 aliphatic heterocycles. The molecule has 0 aliphatic carbocycles. The first-order valence-electron chi connectivity index (χ1n) is 9.43. The molecule has 0 heterocycles. The van der Waals surface area contributed by atoms with Crippen LogP contribution in [-0.4, -0.2) is 6.16 Å². The fourth-order valence-corrected chi connectivity index (χ4v) is 8.07. The van der Waals surface area contributed by atoms with E-state index in [9.17, 15) is 0 Å². The molecule has 0 nitrogen and oxygen atoms in total. The van der Waals surface area contributed by atoms with Gasteiger partial charge in [-0.2, -0.15) is 0 Å². The second-order valence-electron chi connectivity index (χ2n) is 6.60. The van der Waals surface area contributed by atoms with E-state index in [1.54, 1.807) is 0 Å². The molecule has 0 fully saturated rings. The molecule has 3 rings (SSSR count). The Labute approximate surface area is 169 Å². The first kappa shape index (κ1) is 20.9. The minimum atomic E-state index is -1.59. The number of hydrogen-bond donors (Lipinski definition) is 0. The van der Waals surface area contributed by atoms with Crippen molar-refractivity contribution >= 4 is 23.2 Å². The summed E-state index contributed by atoms with van der Waals surface area (Å²) in [5, 5.41) is 4.51. The average Bonchev–Trinajstić information content (AvgIpc) is 2.70. The van der Waals surface area contributed by atoms with Crippen LogP contribution in [0.3, 0.4) is 0 Å². The third-order valence-corrected chi connectivity index (χ3v) is 9.46. The Morgan fingerprint density at radius 2 is 0.923 bits per heavy atom. The minimum absolute atomic E-state index is 0. The standard InChI is InChI=1S/C24H28P.BrH/c1-2-3-4-14-21-25(22-15-8-5-9-16-22,23-17-10-6-11-18-23)24-19-12-7-13-20-24;/h5-13,15-20H,2-4,14,21H2,1H3;1H/q+1;/p-1/i1+1;. The molecule has 136 valence electrons. The zero-order chi connectivity index (χ0) is 17.4. The van der Waals surface area contributed by atoms with E-state index < -0.39 is 7.26 Å². The van der Waals surface area contributed by atoms with Gasteiger partial charge >= 0.3 is 0 Å². The van der Waals surface area contributed by atoms with E-state index in [-0.39, 0.29) is 17.0 Å². The Bertz CT molecular complexity index is 644. The van der Waals surface area contributed by atoms with Crippen molar-refractivity contribution in [1.82, 2.24) is 0 Å². The van der Waals surface area contributed by atoms with Crippen LogP contribution >= 0.6 is 7.26 Å². The van der Waals surface area contributed by atoms with Crippen LogP contribution in [-0.2, 0) is 0 Å². The summed E-state index contributed by atoms with van der Waals surface area (Å²) in [4.78, 5) is 0. The average molecular weight is 428 g/mol. The Balaban J connectivity index is 0.00000243. The molecule has 0 amide bonds. The summed E-state index contributed by atoms with van der Waals surface area (Å²) in [5.74, 6) is 0. The van der Waals surface area contributed by atoms with E-state index in [2.05, 4.69) is 97.9 Å². The van der Waals surface area contributed by atoms with Crippen molar-refractivity contribution in [3.63, 3.8) is 0 Å². The van der Waals surface area contributed by atoms with Gasteiger partial charge in [-0.1, -0.05) is 74.4 Å². The van der Waals surface area contributed by atoms with Crippen LogP contribution in [0.1, 0.15) is 32.6 Å². The molecular weight excluding hydrogens is 400 g/mol. The summed E-state index contributed by atoms with van der Waals surface area (Å²) in [5.41, 5.74) is 0. The lowest BCUT2D eigenvalue weighted by Crippen LogP contribution is -3.00. The maximum absolute atomic E-state index is 2.34. The third-order valence-electron chi connectivity index (χ3n) is 4.94. The van der Waals surface area contributed by atoms with Crippen LogP contribution in [0.15, 0.2) is 91.0 Å². The zero-order valence-electron chi connectivity index (χ0n) is 15.5. The van der Waals surface area contributed by atoms with Crippen LogP contribution in [0, 0.1) is 0 Å². The molecule has 0 atom stereocenters. The summed E-state index contributed by atoms with van der Waals surface area (Å²) in [6.45, 7) is 2.29. The molecule has 3 aromatic carbocycles. The van der Waals surface area contributed by atoms with Crippen LogP contribution in [0.25, 0.3) is 0 Å². The highest BCUT2D eigenvalue weighted by Gasteiger charge is 2.44. The molecular formula is C24H28BrP. The largest absolute Gasteiger partial charge is 1.00 e. The van der Waals surface area contributed by atoms with Crippen LogP contribution in [0.2, 0.25) is 0 Å².